The Hall–Kier alpha value is -3.67. The number of pyridine rings is 1. The summed E-state index contributed by atoms with van der Waals surface area (Å²) in [6.45, 7) is 0. The lowest BCUT2D eigenvalue weighted by Gasteiger charge is -2.11. The topological polar surface area (TPSA) is 97.7 Å². The van der Waals surface area contributed by atoms with Crippen molar-refractivity contribution in [3.63, 3.8) is 0 Å². The number of rotatable bonds is 3. The first kappa shape index (κ1) is 16.2. The summed E-state index contributed by atoms with van der Waals surface area (Å²) in [7, 11) is 0. The average molecular weight is 333 g/mol. The predicted molar refractivity (Wildman–Crippen MR) is 91.9 cm³/mol. The number of hydrogen-bond donors (Lipinski definition) is 2. The molecule has 0 fully saturated rings. The Balaban J connectivity index is 2.15. The van der Waals surface area contributed by atoms with Crippen LogP contribution < -0.4 is 11.2 Å². The molecule has 6 heteroatoms. The molecule has 0 bridgehead atoms. The van der Waals surface area contributed by atoms with E-state index >= 15 is 0 Å². The van der Waals surface area contributed by atoms with E-state index in [-0.39, 0.29) is 11.2 Å². The maximum atomic E-state index is 12.2. The molecular formula is C19H15N3O3. The summed E-state index contributed by atoms with van der Waals surface area (Å²) < 4.78 is 0.547. The zero-order chi connectivity index (χ0) is 17.8. The Bertz CT molecular complexity index is 993. The van der Waals surface area contributed by atoms with E-state index in [4.69, 9.17) is 5.73 Å². The largest absolute Gasteiger partial charge is 0.426 e. The number of aromatic nitrogens is 1. The molecule has 0 aliphatic carbocycles. The van der Waals surface area contributed by atoms with E-state index in [0.29, 0.717) is 21.4 Å². The molecule has 0 saturated heterocycles. The second-order valence-corrected chi connectivity index (χ2v) is 5.28. The van der Waals surface area contributed by atoms with Gasteiger partial charge in [-0.1, -0.05) is 48.5 Å². The molecule has 3 N–H and O–H groups in total. The van der Waals surface area contributed by atoms with Crippen LogP contribution in [0, 0.1) is 0 Å². The highest BCUT2D eigenvalue weighted by molar-refractivity contribution is 5.98. The van der Waals surface area contributed by atoms with Crippen molar-refractivity contribution >= 4 is 11.8 Å². The minimum absolute atomic E-state index is 0.0812. The zero-order valence-corrected chi connectivity index (χ0v) is 13.2. The zero-order valence-electron chi connectivity index (χ0n) is 13.2. The van der Waals surface area contributed by atoms with Crippen LogP contribution in [0.15, 0.2) is 77.8 Å². The number of nitrogens with two attached hydrogens (primary N) is 1. The molecule has 6 nitrogen and oxygen atoms in total. The van der Waals surface area contributed by atoms with Gasteiger partial charge in [0.05, 0.1) is 0 Å². The average Bonchev–Trinajstić information content (AvgIpc) is 2.64. The van der Waals surface area contributed by atoms with E-state index in [1.54, 1.807) is 60.7 Å². The van der Waals surface area contributed by atoms with Crippen LogP contribution in [0.3, 0.4) is 0 Å². The third-order valence-corrected chi connectivity index (χ3v) is 3.64. The molecule has 0 atom stereocenters. The van der Waals surface area contributed by atoms with Crippen LogP contribution in [0.25, 0.3) is 11.1 Å². The number of primary amides is 1. The Morgan fingerprint density at radius 3 is 2.08 bits per heavy atom. The van der Waals surface area contributed by atoms with Crippen LogP contribution in [0.2, 0.25) is 0 Å². The Morgan fingerprint density at radius 1 is 0.880 bits per heavy atom. The van der Waals surface area contributed by atoms with E-state index in [1.807, 2.05) is 6.07 Å². The number of carbonyl (C=O) groups is 2. The van der Waals surface area contributed by atoms with Crippen molar-refractivity contribution in [3.8, 4) is 11.1 Å². The van der Waals surface area contributed by atoms with Crippen molar-refractivity contribution in [1.29, 1.82) is 0 Å². The van der Waals surface area contributed by atoms with Gasteiger partial charge in [-0.3, -0.25) is 9.59 Å². The van der Waals surface area contributed by atoms with E-state index in [0.717, 1.165) is 0 Å². The number of amides is 2. The van der Waals surface area contributed by atoms with Gasteiger partial charge >= 0.3 is 0 Å². The van der Waals surface area contributed by atoms with E-state index in [2.05, 4.69) is 4.99 Å². The van der Waals surface area contributed by atoms with Crippen molar-refractivity contribution in [2.45, 2.75) is 0 Å². The highest BCUT2D eigenvalue weighted by atomic mass is 16.5. The van der Waals surface area contributed by atoms with E-state index in [1.165, 1.54) is 6.07 Å². The predicted octanol–water partition coefficient (Wildman–Crippen LogP) is 2.23. The highest BCUT2D eigenvalue weighted by Crippen LogP contribution is 2.21. The second kappa shape index (κ2) is 6.84. The SMILES string of the molecule is NC(=O)c1c(-c2ccccc2)ccc(=NC(=O)c2ccccc2)n1O. The third-order valence-electron chi connectivity index (χ3n) is 3.64. The lowest BCUT2D eigenvalue weighted by atomic mass is 10.0. The maximum Gasteiger partial charge on any atom is 0.279 e. The Kier molecular flexibility index (Phi) is 4.43. The summed E-state index contributed by atoms with van der Waals surface area (Å²) in [5.41, 5.74) is 6.72. The third kappa shape index (κ3) is 3.32. The molecule has 124 valence electrons. The van der Waals surface area contributed by atoms with Crippen LogP contribution in [0.5, 0.6) is 0 Å². The summed E-state index contributed by atoms with van der Waals surface area (Å²) in [5, 5.41) is 10.4. The Morgan fingerprint density at radius 2 is 1.48 bits per heavy atom. The molecule has 2 amide bonds. The lowest BCUT2D eigenvalue weighted by Crippen LogP contribution is -2.29. The molecule has 1 heterocycles. The fourth-order valence-corrected chi connectivity index (χ4v) is 2.46. The van der Waals surface area contributed by atoms with Crippen LogP contribution >= 0.6 is 0 Å². The molecule has 2 aromatic carbocycles. The molecular weight excluding hydrogens is 318 g/mol. The van der Waals surface area contributed by atoms with E-state index in [9.17, 15) is 14.8 Å². The monoisotopic (exact) mass is 333 g/mol. The molecule has 0 unspecified atom stereocenters. The second-order valence-electron chi connectivity index (χ2n) is 5.28. The number of carbonyl (C=O) groups excluding carboxylic acids is 2. The van der Waals surface area contributed by atoms with Crippen LogP contribution in [-0.2, 0) is 0 Å². The smallest absolute Gasteiger partial charge is 0.279 e. The summed E-state index contributed by atoms with van der Waals surface area (Å²) in [4.78, 5) is 27.9. The van der Waals surface area contributed by atoms with Crippen LogP contribution in [0.1, 0.15) is 20.8 Å². The molecule has 3 aromatic rings. The first-order valence-electron chi connectivity index (χ1n) is 7.52. The summed E-state index contributed by atoms with van der Waals surface area (Å²) in [6.07, 6.45) is 0. The first-order valence-corrected chi connectivity index (χ1v) is 7.52. The standard InChI is InChI=1S/C19H15N3O3/c20-18(23)17-15(13-7-3-1-4-8-13)11-12-16(22(17)25)21-19(24)14-9-5-2-6-10-14/h1-12,25H,(H2,20,23). The molecule has 0 aliphatic heterocycles. The minimum atomic E-state index is -0.828. The normalized spacial score (nSPS) is 11.3. The molecule has 0 saturated carbocycles. The molecule has 0 spiro atoms. The minimum Gasteiger partial charge on any atom is -0.426 e. The van der Waals surface area contributed by atoms with Crippen LogP contribution in [0.4, 0.5) is 0 Å². The lowest BCUT2D eigenvalue weighted by molar-refractivity contribution is 0.0922. The number of nitrogens with zero attached hydrogens (tertiary/aromatic N) is 2. The first-order chi connectivity index (χ1) is 12.1. The van der Waals surface area contributed by atoms with Gasteiger partial charge in [0.2, 0.25) is 0 Å². The van der Waals surface area contributed by atoms with Crippen molar-refractivity contribution in [3.05, 3.63) is 89.5 Å². The van der Waals surface area contributed by atoms with E-state index < -0.39 is 11.8 Å². The number of benzene rings is 2. The van der Waals surface area contributed by atoms with Gasteiger partial charge in [0.15, 0.2) is 11.2 Å². The summed E-state index contributed by atoms with van der Waals surface area (Å²) in [6, 6.07) is 20.5. The fraction of sp³-hybridized carbons (Fsp3) is 0. The Labute approximate surface area is 143 Å². The van der Waals surface area contributed by atoms with Gasteiger partial charge in [-0.05, 0) is 29.8 Å². The fourth-order valence-electron chi connectivity index (χ4n) is 2.46. The highest BCUT2D eigenvalue weighted by Gasteiger charge is 2.16. The van der Waals surface area contributed by atoms with Crippen molar-refractivity contribution in [1.82, 2.24) is 4.73 Å². The van der Waals surface area contributed by atoms with Crippen LogP contribution in [-0.4, -0.2) is 21.8 Å². The molecule has 1 aromatic heterocycles. The van der Waals surface area contributed by atoms with Gasteiger partial charge in [-0.25, -0.2) is 0 Å². The van der Waals surface area contributed by atoms with Gasteiger partial charge in [0.25, 0.3) is 11.8 Å². The maximum absolute atomic E-state index is 12.2. The molecule has 3 rings (SSSR count). The van der Waals surface area contributed by atoms with Gasteiger partial charge in [-0.2, -0.15) is 9.72 Å². The summed E-state index contributed by atoms with van der Waals surface area (Å²) >= 11 is 0. The van der Waals surface area contributed by atoms with Gasteiger partial charge in [0, 0.05) is 11.1 Å². The molecule has 0 radical (unpaired) electrons. The molecule has 0 aliphatic rings. The van der Waals surface area contributed by atoms with Gasteiger partial charge < -0.3 is 10.9 Å². The summed E-state index contributed by atoms with van der Waals surface area (Å²) in [5.74, 6) is -1.36. The number of hydrogen-bond acceptors (Lipinski definition) is 3. The van der Waals surface area contributed by atoms with Crippen molar-refractivity contribution in [2.75, 3.05) is 0 Å². The molecule has 25 heavy (non-hydrogen) atoms. The van der Waals surface area contributed by atoms with Gasteiger partial charge in [-0.15, -0.1) is 0 Å². The quantitative estimate of drug-likeness (QED) is 0.719. The van der Waals surface area contributed by atoms with Gasteiger partial charge in [0.1, 0.15) is 0 Å². The van der Waals surface area contributed by atoms with Crippen molar-refractivity contribution < 1.29 is 14.8 Å². The van der Waals surface area contributed by atoms with Crippen molar-refractivity contribution in [2.24, 2.45) is 10.7 Å².